The molecular weight excluding hydrogens is 757 g/mol. The summed E-state index contributed by atoms with van der Waals surface area (Å²) in [7, 11) is 3.32. The van der Waals surface area contributed by atoms with Crippen LogP contribution in [-0.2, 0) is 0 Å². The molecule has 4 aromatic heterocycles. The van der Waals surface area contributed by atoms with Gasteiger partial charge in [0.1, 0.15) is 11.5 Å². The lowest BCUT2D eigenvalue weighted by atomic mass is 9.94. The van der Waals surface area contributed by atoms with Crippen LogP contribution in [0.1, 0.15) is 48.9 Å². The minimum Gasteiger partial charge on any atom is -0.497 e. The van der Waals surface area contributed by atoms with Crippen molar-refractivity contribution in [3.63, 3.8) is 0 Å². The van der Waals surface area contributed by atoms with Crippen LogP contribution >= 0.6 is 0 Å². The largest absolute Gasteiger partial charge is 0.497 e. The van der Waals surface area contributed by atoms with Gasteiger partial charge in [-0.1, -0.05) is 0 Å². The van der Waals surface area contributed by atoms with Crippen molar-refractivity contribution in [2.24, 2.45) is 11.8 Å². The van der Waals surface area contributed by atoms with Gasteiger partial charge < -0.3 is 29.1 Å². The minimum absolute atomic E-state index is 0.119. The maximum absolute atomic E-state index is 9.35. The third-order valence-electron chi connectivity index (χ3n) is 12.3. The van der Waals surface area contributed by atoms with Crippen molar-refractivity contribution in [1.82, 2.24) is 39.9 Å². The maximum Gasteiger partial charge on any atom is 0.346 e. The second-order valence-corrected chi connectivity index (χ2v) is 16.0. The summed E-state index contributed by atoms with van der Waals surface area (Å²) in [6.45, 7) is 6.41. The van der Waals surface area contributed by atoms with E-state index in [-0.39, 0.29) is 23.7 Å². The zero-order valence-corrected chi connectivity index (χ0v) is 33.7. The van der Waals surface area contributed by atoms with Crippen molar-refractivity contribution >= 4 is 51.0 Å². The number of piperidine rings is 2. The van der Waals surface area contributed by atoms with Gasteiger partial charge in [-0.2, -0.15) is 5.26 Å². The summed E-state index contributed by atoms with van der Waals surface area (Å²) in [5, 5.41) is 11.1. The van der Waals surface area contributed by atoms with Crippen molar-refractivity contribution in [2.45, 2.75) is 37.5 Å². The number of hydrogen-bond acceptors (Lipinski definition) is 15. The molecule has 0 atom stereocenters. The van der Waals surface area contributed by atoms with Crippen LogP contribution < -0.4 is 29.1 Å². The van der Waals surface area contributed by atoms with Crippen molar-refractivity contribution in [1.29, 1.82) is 5.26 Å². The van der Waals surface area contributed by atoms with Crippen molar-refractivity contribution in [2.75, 3.05) is 86.2 Å². The van der Waals surface area contributed by atoms with Gasteiger partial charge in [-0.15, -0.1) is 0 Å². The molecule has 0 spiro atoms. The fourth-order valence-corrected chi connectivity index (χ4v) is 8.73. The Morgan fingerprint density at radius 3 is 1.82 bits per heavy atom. The number of anilines is 4. The molecule has 4 aliphatic heterocycles. The number of nitrogens with zero attached hydrogens (tertiary/aromatic N) is 14. The molecule has 0 saturated carbocycles. The van der Waals surface area contributed by atoms with Gasteiger partial charge in [0.25, 0.3) is 6.07 Å². The van der Waals surface area contributed by atoms with E-state index in [0.29, 0.717) is 11.7 Å². The molecule has 0 N–H and O–H groups in total. The van der Waals surface area contributed by atoms with E-state index in [1.165, 1.54) is 0 Å². The second-order valence-electron chi connectivity index (χ2n) is 16.0. The molecule has 0 bridgehead atoms. The first kappa shape index (κ1) is 37.3. The van der Waals surface area contributed by atoms with Crippen molar-refractivity contribution < 1.29 is 9.47 Å². The van der Waals surface area contributed by atoms with E-state index in [2.05, 4.69) is 36.7 Å². The smallest absolute Gasteiger partial charge is 0.346 e. The molecule has 2 aromatic carbocycles. The zero-order valence-electron chi connectivity index (χ0n) is 33.7. The Balaban J connectivity index is 0.773. The zero-order chi connectivity index (χ0) is 40.6. The molecule has 4 aliphatic rings. The molecule has 16 heteroatoms. The Bertz CT molecular complexity index is 2650. The van der Waals surface area contributed by atoms with Gasteiger partial charge in [0, 0.05) is 113 Å². The van der Waals surface area contributed by atoms with Crippen LogP contribution in [0.3, 0.4) is 0 Å². The predicted octanol–water partition coefficient (Wildman–Crippen LogP) is 6.00. The Kier molecular flexibility index (Phi) is 9.97. The predicted molar refractivity (Wildman–Crippen MR) is 229 cm³/mol. The van der Waals surface area contributed by atoms with Gasteiger partial charge in [0.05, 0.1) is 66.1 Å². The highest BCUT2D eigenvalue weighted by molar-refractivity contribution is 5.89. The summed E-state index contributed by atoms with van der Waals surface area (Å²) in [5.74, 6) is 5.55. The summed E-state index contributed by atoms with van der Waals surface area (Å²) in [4.78, 5) is 52.1. The minimum atomic E-state index is 0.119. The molecule has 0 radical (unpaired) electrons. The van der Waals surface area contributed by atoms with Crippen LogP contribution in [0.15, 0.2) is 67.5 Å². The standard InChI is InChI=1S/C44H45N14O2/c1-59-34-3-4-36-30(17-34)22-51-43(53-36)57-24-31(25-57)40-42(49-12-10-47-40)56-15-7-29(8-16-56)21-50-33-18-37-35(38(19-33)60-2)23-52-44(54-37)58-26-32(27-58)39-41(48-11-9-46-39)55-13-5-28(20-45)6-14-55/h3-4,9-12,17-19,22-23,28-29,31-32H,5-8,13-16,24-27H2,1-2H3/q+1. The number of aromatic nitrogens is 8. The van der Waals surface area contributed by atoms with Crippen molar-refractivity contribution in [3.05, 3.63) is 83.7 Å². The van der Waals surface area contributed by atoms with Gasteiger partial charge >= 0.3 is 5.69 Å². The average molecular weight is 802 g/mol. The molecule has 302 valence electrons. The third kappa shape index (κ3) is 7.23. The summed E-state index contributed by atoms with van der Waals surface area (Å²) in [6.07, 6.45) is 14.3. The highest BCUT2D eigenvalue weighted by Gasteiger charge is 2.37. The van der Waals surface area contributed by atoms with E-state index >= 15 is 0 Å². The van der Waals surface area contributed by atoms with Gasteiger partial charge in [-0.05, 0) is 48.7 Å². The highest BCUT2D eigenvalue weighted by Crippen LogP contribution is 2.38. The Hall–Kier alpha value is -6.94. The molecule has 4 fully saturated rings. The molecular formula is C44H45N14O2+. The second kappa shape index (κ2) is 16.0. The molecule has 6 aromatic rings. The van der Waals surface area contributed by atoms with Gasteiger partial charge in [0.2, 0.25) is 11.9 Å². The first-order valence-corrected chi connectivity index (χ1v) is 20.7. The number of methoxy groups -OCH3 is 2. The van der Waals surface area contributed by atoms with E-state index in [1.807, 2.05) is 42.7 Å². The monoisotopic (exact) mass is 801 g/mol. The Morgan fingerprint density at radius 2 is 1.22 bits per heavy atom. The number of rotatable bonds is 8. The highest BCUT2D eigenvalue weighted by atomic mass is 16.5. The Morgan fingerprint density at radius 1 is 0.633 bits per heavy atom. The molecule has 8 heterocycles. The summed E-state index contributed by atoms with van der Waals surface area (Å²) < 4.78 is 11.1. The maximum atomic E-state index is 9.35. The van der Waals surface area contributed by atoms with Crippen LogP contribution in [0.2, 0.25) is 0 Å². The van der Waals surface area contributed by atoms with Crippen LogP contribution in [0.4, 0.5) is 29.2 Å². The molecule has 4 saturated heterocycles. The summed E-state index contributed by atoms with van der Waals surface area (Å²) >= 11 is 0. The number of ether oxygens (including phenoxy) is 2. The number of nitriles is 1. The lowest BCUT2D eigenvalue weighted by Gasteiger charge is -2.40. The summed E-state index contributed by atoms with van der Waals surface area (Å²) in [6, 6.07) is 15.6. The fraction of sp³-hybridized carbons (Fsp3) is 0.409. The number of hydrogen-bond donors (Lipinski definition) is 0. The number of fused-ring (bicyclic) bond motifs is 2. The first-order valence-electron chi connectivity index (χ1n) is 20.7. The number of benzene rings is 2. The molecule has 0 unspecified atom stereocenters. The van der Waals surface area contributed by atoms with Gasteiger partial charge in [-0.25, -0.2) is 29.9 Å². The van der Waals surface area contributed by atoms with E-state index in [1.54, 1.807) is 39.0 Å². The average Bonchev–Trinajstić information content (AvgIpc) is 3.27. The lowest BCUT2D eigenvalue weighted by Crippen LogP contribution is -2.47. The molecule has 60 heavy (non-hydrogen) atoms. The SMILES string of the molecule is COc1ccc2nc(N3CC(c4nccnc4N4CCC(C#[N+]c5cc(OC)c6cnc(N7CC(c8nccnc8N8CCC(C#N)CC8)C7)nc6c5)CC4)C3)ncc2c1. The molecule has 0 amide bonds. The molecule has 0 aliphatic carbocycles. The van der Waals surface area contributed by atoms with E-state index in [9.17, 15) is 5.26 Å². The van der Waals surface area contributed by atoms with Crippen LogP contribution in [-0.4, -0.2) is 106 Å². The van der Waals surface area contributed by atoms with E-state index in [4.69, 9.17) is 49.2 Å². The normalized spacial score (nSPS) is 17.8. The Labute approximate surface area is 347 Å². The van der Waals surface area contributed by atoms with Crippen LogP contribution in [0.25, 0.3) is 26.7 Å². The van der Waals surface area contributed by atoms with E-state index < -0.39 is 0 Å². The quantitative estimate of drug-likeness (QED) is 0.176. The fourth-order valence-electron chi connectivity index (χ4n) is 8.73. The molecule has 16 nitrogen and oxygen atoms in total. The molecule has 10 rings (SSSR count). The summed E-state index contributed by atoms with van der Waals surface area (Å²) in [5.41, 5.74) is 4.45. The lowest BCUT2D eigenvalue weighted by molar-refractivity contribution is 0.415. The topological polar surface area (TPSA) is 163 Å². The van der Waals surface area contributed by atoms with Gasteiger partial charge in [-0.3, -0.25) is 9.97 Å². The van der Waals surface area contributed by atoms with Crippen molar-refractivity contribution in [3.8, 4) is 23.6 Å². The van der Waals surface area contributed by atoms with E-state index in [0.717, 1.165) is 140 Å². The van der Waals surface area contributed by atoms with Gasteiger partial charge in [0.15, 0.2) is 11.6 Å². The van der Waals surface area contributed by atoms with Crippen LogP contribution in [0.5, 0.6) is 11.5 Å². The first-order chi connectivity index (χ1) is 29.5. The van der Waals surface area contributed by atoms with Crippen LogP contribution in [0, 0.1) is 29.2 Å². The third-order valence-corrected chi connectivity index (χ3v) is 12.3.